The fourth-order valence-corrected chi connectivity index (χ4v) is 3.88. The maximum Gasteiger partial charge on any atom is 0.273 e. The highest BCUT2D eigenvalue weighted by molar-refractivity contribution is 6.01. The molecular formula is C25H32N2O5. The summed E-state index contributed by atoms with van der Waals surface area (Å²) in [7, 11) is 3.09. The third kappa shape index (κ3) is 4.52. The Hall–Kier alpha value is -3.22. The minimum atomic E-state index is -0.677. The number of carbonyl (C=O) groups is 2. The summed E-state index contributed by atoms with van der Waals surface area (Å²) in [4.78, 5) is 26.8. The van der Waals surface area contributed by atoms with Gasteiger partial charge >= 0.3 is 0 Å². The normalized spacial score (nSPS) is 13.0. The van der Waals surface area contributed by atoms with Gasteiger partial charge in [-0.05, 0) is 82.9 Å². The molecule has 2 aromatic carbocycles. The quantitative estimate of drug-likeness (QED) is 0.720. The van der Waals surface area contributed by atoms with Gasteiger partial charge in [0.1, 0.15) is 17.2 Å². The number of hydrogen-bond acceptors (Lipinski definition) is 5. The van der Waals surface area contributed by atoms with E-state index in [4.69, 9.17) is 14.2 Å². The van der Waals surface area contributed by atoms with Gasteiger partial charge in [0, 0.05) is 16.7 Å². The van der Waals surface area contributed by atoms with Crippen molar-refractivity contribution in [2.45, 2.75) is 53.0 Å². The van der Waals surface area contributed by atoms with E-state index in [-0.39, 0.29) is 11.8 Å². The van der Waals surface area contributed by atoms with E-state index in [2.05, 4.69) is 5.43 Å². The zero-order chi connectivity index (χ0) is 23.6. The molecular weight excluding hydrogens is 408 g/mol. The third-order valence-electron chi connectivity index (χ3n) is 5.72. The third-order valence-corrected chi connectivity index (χ3v) is 5.72. The lowest BCUT2D eigenvalue weighted by Crippen LogP contribution is -2.56. The molecule has 32 heavy (non-hydrogen) atoms. The summed E-state index contributed by atoms with van der Waals surface area (Å²) in [5.74, 6) is 1.20. The van der Waals surface area contributed by atoms with Gasteiger partial charge in [-0.15, -0.1) is 0 Å². The van der Waals surface area contributed by atoms with Crippen LogP contribution in [0.15, 0.2) is 24.3 Å². The summed E-state index contributed by atoms with van der Waals surface area (Å²) >= 11 is 0. The predicted octanol–water partition coefficient (Wildman–Crippen LogP) is 4.23. The number of nitrogens with one attached hydrogen (secondary N) is 1. The molecule has 0 aliphatic carbocycles. The van der Waals surface area contributed by atoms with E-state index in [1.807, 2.05) is 40.7 Å². The summed E-state index contributed by atoms with van der Waals surface area (Å²) < 4.78 is 16.5. The van der Waals surface area contributed by atoms with Gasteiger partial charge in [0.05, 0.1) is 26.4 Å². The van der Waals surface area contributed by atoms with Crippen molar-refractivity contribution in [3.05, 3.63) is 52.1 Å². The Morgan fingerprint density at radius 3 is 2.22 bits per heavy atom. The lowest BCUT2D eigenvalue weighted by atomic mass is 9.96. The highest BCUT2D eigenvalue weighted by Gasteiger charge is 2.31. The molecule has 0 saturated carbocycles. The minimum absolute atomic E-state index is 0.342. The minimum Gasteiger partial charge on any atom is -0.496 e. The van der Waals surface area contributed by atoms with Crippen molar-refractivity contribution in [1.82, 2.24) is 10.4 Å². The van der Waals surface area contributed by atoms with E-state index in [9.17, 15) is 9.59 Å². The maximum absolute atomic E-state index is 13.5. The van der Waals surface area contributed by atoms with Gasteiger partial charge in [-0.1, -0.05) is 0 Å². The van der Waals surface area contributed by atoms with Crippen LogP contribution in [0.5, 0.6) is 17.2 Å². The Kier molecular flexibility index (Phi) is 6.67. The molecule has 0 fully saturated rings. The molecule has 0 aromatic heterocycles. The molecule has 2 amide bonds. The molecule has 0 unspecified atom stereocenters. The Bertz CT molecular complexity index is 1010. The lowest BCUT2D eigenvalue weighted by Gasteiger charge is -2.36. The van der Waals surface area contributed by atoms with Crippen molar-refractivity contribution >= 4 is 11.8 Å². The van der Waals surface area contributed by atoms with Crippen LogP contribution in [-0.4, -0.2) is 43.2 Å². The first kappa shape index (κ1) is 23.4. The van der Waals surface area contributed by atoms with Crippen molar-refractivity contribution in [1.29, 1.82) is 0 Å². The molecule has 3 rings (SSSR count). The summed E-state index contributed by atoms with van der Waals surface area (Å²) in [6, 6.07) is 6.90. The molecule has 0 bridgehead atoms. The number of methoxy groups -OCH3 is 2. The van der Waals surface area contributed by atoms with Gasteiger partial charge in [-0.2, -0.15) is 0 Å². The fraction of sp³-hybridized carbons (Fsp3) is 0.440. The average molecular weight is 441 g/mol. The second-order valence-electron chi connectivity index (χ2n) is 8.92. The molecule has 7 nitrogen and oxygen atoms in total. The van der Waals surface area contributed by atoms with Gasteiger partial charge in [-0.3, -0.25) is 15.0 Å². The van der Waals surface area contributed by atoms with E-state index >= 15 is 0 Å². The Morgan fingerprint density at radius 2 is 1.66 bits per heavy atom. The molecule has 2 aromatic rings. The average Bonchev–Trinajstić information content (AvgIpc) is 2.76. The number of amides is 2. The highest BCUT2D eigenvalue weighted by atomic mass is 16.5. The van der Waals surface area contributed by atoms with Gasteiger partial charge in [0.25, 0.3) is 11.8 Å². The van der Waals surface area contributed by atoms with Crippen LogP contribution in [0.2, 0.25) is 0 Å². The molecule has 1 N–H and O–H groups in total. The number of rotatable bonds is 4. The van der Waals surface area contributed by atoms with Crippen molar-refractivity contribution < 1.29 is 23.8 Å². The number of hydrazine groups is 1. The molecule has 0 spiro atoms. The largest absolute Gasteiger partial charge is 0.496 e. The Balaban J connectivity index is 1.95. The molecule has 0 radical (unpaired) electrons. The molecule has 1 heterocycles. The van der Waals surface area contributed by atoms with E-state index in [0.717, 1.165) is 35.3 Å². The second kappa shape index (κ2) is 9.10. The van der Waals surface area contributed by atoms with Crippen molar-refractivity contribution in [3.63, 3.8) is 0 Å². The Morgan fingerprint density at radius 1 is 1.03 bits per heavy atom. The van der Waals surface area contributed by atoms with Crippen LogP contribution < -0.4 is 19.6 Å². The molecule has 1 aliphatic rings. The number of nitrogens with zero attached hydrogens (tertiary/aromatic N) is 1. The molecule has 0 atom stereocenters. The highest BCUT2D eigenvalue weighted by Crippen LogP contribution is 2.32. The molecule has 1 aliphatic heterocycles. The van der Waals surface area contributed by atoms with Crippen LogP contribution in [0.1, 0.15) is 64.6 Å². The standard InChI is InChI=1S/C25H32N2O5/c1-15-18-9-8-12-32-20(18)11-10-19(15)23(28)26-27(25(3,4)5)24(29)17-13-21(30-6)16(2)22(14-17)31-7/h10-11,13-14H,8-9,12H2,1-7H3,(H,26,28). The van der Waals surface area contributed by atoms with Crippen LogP contribution in [0.4, 0.5) is 0 Å². The van der Waals surface area contributed by atoms with Crippen LogP contribution in [-0.2, 0) is 6.42 Å². The topological polar surface area (TPSA) is 77.1 Å². The Labute approximate surface area is 189 Å². The predicted molar refractivity (Wildman–Crippen MR) is 123 cm³/mol. The number of hydrogen-bond donors (Lipinski definition) is 1. The molecule has 172 valence electrons. The van der Waals surface area contributed by atoms with E-state index in [1.165, 1.54) is 5.01 Å². The van der Waals surface area contributed by atoms with Crippen LogP contribution in [0.25, 0.3) is 0 Å². The molecule has 0 saturated heterocycles. The smallest absolute Gasteiger partial charge is 0.273 e. The fourth-order valence-electron chi connectivity index (χ4n) is 3.88. The first-order chi connectivity index (χ1) is 15.1. The number of fused-ring (bicyclic) bond motifs is 1. The summed E-state index contributed by atoms with van der Waals surface area (Å²) in [6.07, 6.45) is 1.79. The van der Waals surface area contributed by atoms with Crippen molar-refractivity contribution in [2.24, 2.45) is 0 Å². The number of ether oxygens (including phenoxy) is 3. The number of benzene rings is 2. The molecule has 7 heteroatoms. The summed E-state index contributed by atoms with van der Waals surface area (Å²) in [5, 5.41) is 1.36. The van der Waals surface area contributed by atoms with Gasteiger partial charge in [0.15, 0.2) is 0 Å². The van der Waals surface area contributed by atoms with Gasteiger partial charge in [-0.25, -0.2) is 5.01 Å². The second-order valence-corrected chi connectivity index (χ2v) is 8.92. The van der Waals surface area contributed by atoms with Crippen molar-refractivity contribution in [3.8, 4) is 17.2 Å². The monoisotopic (exact) mass is 440 g/mol. The van der Waals surface area contributed by atoms with Crippen LogP contribution in [0.3, 0.4) is 0 Å². The first-order valence-corrected chi connectivity index (χ1v) is 10.7. The van der Waals surface area contributed by atoms with Gasteiger partial charge in [0.2, 0.25) is 0 Å². The number of carbonyl (C=O) groups excluding carboxylic acids is 2. The lowest BCUT2D eigenvalue weighted by molar-refractivity contribution is 0.0357. The van der Waals surface area contributed by atoms with Crippen molar-refractivity contribution in [2.75, 3.05) is 20.8 Å². The SMILES string of the molecule is COc1cc(C(=O)N(NC(=O)c2ccc3c(c2C)CCCO3)C(C)(C)C)cc(OC)c1C. The van der Waals surface area contributed by atoms with Crippen LogP contribution in [0, 0.1) is 13.8 Å². The van der Waals surface area contributed by atoms with E-state index < -0.39 is 5.54 Å². The zero-order valence-corrected chi connectivity index (χ0v) is 19.9. The van der Waals surface area contributed by atoms with Gasteiger partial charge < -0.3 is 14.2 Å². The van der Waals surface area contributed by atoms with E-state index in [1.54, 1.807) is 32.4 Å². The first-order valence-electron chi connectivity index (χ1n) is 10.7. The summed E-state index contributed by atoms with van der Waals surface area (Å²) in [5.41, 5.74) is 5.75. The van der Waals surface area contributed by atoms with Crippen LogP contribution >= 0.6 is 0 Å². The maximum atomic E-state index is 13.5. The van der Waals surface area contributed by atoms with E-state index in [0.29, 0.717) is 29.2 Å². The summed E-state index contributed by atoms with van der Waals surface area (Å²) in [6.45, 7) is 10.1. The zero-order valence-electron chi connectivity index (χ0n) is 19.9.